The van der Waals surface area contributed by atoms with Crippen molar-refractivity contribution in [3.8, 4) is 33.6 Å². The minimum absolute atomic E-state index is 0.00244. The smallest absolute Gasteiger partial charge is 0.225 e. The molecular weight excluding hydrogens is 596 g/mol. The summed E-state index contributed by atoms with van der Waals surface area (Å²) in [6.45, 7) is 16.2. The van der Waals surface area contributed by atoms with Gasteiger partial charge in [-0.25, -0.2) is 9.97 Å². The molecule has 0 radical (unpaired) electrons. The van der Waals surface area contributed by atoms with Crippen molar-refractivity contribution < 1.29 is 9.59 Å². The van der Waals surface area contributed by atoms with Crippen LogP contribution in [0.2, 0.25) is 0 Å². The maximum absolute atomic E-state index is 13.0. The molecule has 2 aliphatic rings. The van der Waals surface area contributed by atoms with Crippen molar-refractivity contribution in [2.24, 2.45) is 21.7 Å². The molecule has 0 aliphatic heterocycles. The maximum Gasteiger partial charge on any atom is 0.225 e. The van der Waals surface area contributed by atoms with E-state index in [1.165, 1.54) is 12.8 Å². The molecule has 0 bridgehead atoms. The van der Waals surface area contributed by atoms with Gasteiger partial charge in [0.25, 0.3) is 0 Å². The Morgan fingerprint density at radius 2 is 0.917 bits per heavy atom. The Morgan fingerprint density at radius 1 is 0.604 bits per heavy atom. The number of nitrogens with zero attached hydrogens (tertiary/aromatic N) is 2. The van der Waals surface area contributed by atoms with Gasteiger partial charge >= 0.3 is 0 Å². The molecular formula is C40H52N6O2. The zero-order chi connectivity index (χ0) is 34.5. The van der Waals surface area contributed by atoms with Crippen molar-refractivity contribution in [3.05, 3.63) is 72.6 Å². The van der Waals surface area contributed by atoms with Crippen LogP contribution >= 0.6 is 0 Å². The lowest BCUT2D eigenvalue weighted by molar-refractivity contribution is -0.131. The molecule has 8 nitrogen and oxygen atoms in total. The van der Waals surface area contributed by atoms with Crippen molar-refractivity contribution in [1.29, 1.82) is 0 Å². The minimum Gasteiger partial charge on any atom is -0.345 e. The predicted molar refractivity (Wildman–Crippen MR) is 192 cm³/mol. The fourth-order valence-electron chi connectivity index (χ4n) is 6.83. The number of aromatic amines is 2. The van der Waals surface area contributed by atoms with E-state index in [9.17, 15) is 9.59 Å². The van der Waals surface area contributed by atoms with Gasteiger partial charge in [-0.3, -0.25) is 9.59 Å². The quantitative estimate of drug-likeness (QED) is 0.145. The summed E-state index contributed by atoms with van der Waals surface area (Å²) in [5, 5.41) is 6.61. The first kappa shape index (κ1) is 33.7. The topological polar surface area (TPSA) is 116 Å². The van der Waals surface area contributed by atoms with Crippen LogP contribution in [0, 0.1) is 21.7 Å². The van der Waals surface area contributed by atoms with Gasteiger partial charge < -0.3 is 20.6 Å². The van der Waals surface area contributed by atoms with E-state index in [1.54, 1.807) is 0 Å². The molecule has 0 saturated heterocycles. The number of benzene rings is 2. The molecule has 48 heavy (non-hydrogen) atoms. The summed E-state index contributed by atoms with van der Waals surface area (Å²) in [5.74, 6) is 1.71. The summed E-state index contributed by atoms with van der Waals surface area (Å²) in [4.78, 5) is 42.5. The lowest BCUT2D eigenvalue weighted by Crippen LogP contribution is -2.47. The number of carbonyl (C=O) groups excluding carboxylic acids is 2. The Hall–Kier alpha value is -4.20. The van der Waals surface area contributed by atoms with E-state index in [4.69, 9.17) is 9.97 Å². The van der Waals surface area contributed by atoms with E-state index in [1.807, 2.05) is 53.9 Å². The Kier molecular flexibility index (Phi) is 8.67. The summed E-state index contributed by atoms with van der Waals surface area (Å²) in [6, 6.07) is 16.7. The first-order chi connectivity index (χ1) is 22.6. The van der Waals surface area contributed by atoms with Crippen LogP contribution in [0.5, 0.6) is 0 Å². The van der Waals surface area contributed by atoms with E-state index in [0.29, 0.717) is 0 Å². The van der Waals surface area contributed by atoms with Crippen molar-refractivity contribution in [2.45, 2.75) is 106 Å². The van der Waals surface area contributed by atoms with E-state index in [-0.39, 0.29) is 34.7 Å². The summed E-state index contributed by atoms with van der Waals surface area (Å²) < 4.78 is 0. The summed E-state index contributed by atoms with van der Waals surface area (Å²) in [6.07, 6.45) is 10.4. The van der Waals surface area contributed by atoms with Crippen LogP contribution in [0.4, 0.5) is 0 Å². The molecule has 0 unspecified atom stereocenters. The lowest BCUT2D eigenvalue weighted by atomic mass is 9.65. The number of imidazole rings is 2. The van der Waals surface area contributed by atoms with Crippen LogP contribution in [-0.2, 0) is 9.59 Å². The molecule has 2 aliphatic carbocycles. The highest BCUT2D eigenvalue weighted by molar-refractivity contribution is 5.82. The number of rotatable bonds is 9. The minimum atomic E-state index is -0.467. The van der Waals surface area contributed by atoms with Gasteiger partial charge in [0, 0.05) is 10.8 Å². The number of hydrogen-bond donors (Lipinski definition) is 4. The highest BCUT2D eigenvalue weighted by Crippen LogP contribution is 2.50. The molecule has 2 aromatic carbocycles. The Balaban J connectivity index is 1.16. The highest BCUT2D eigenvalue weighted by Gasteiger charge is 2.45. The summed E-state index contributed by atoms with van der Waals surface area (Å²) in [5.41, 5.74) is 5.28. The number of hydrogen-bond acceptors (Lipinski definition) is 4. The van der Waals surface area contributed by atoms with E-state index >= 15 is 0 Å². The SMILES string of the molecule is CC(C)(C)C(=O)N[C@H](c1ncc(-c2ccc(-c3ccc(-c4cnc([C@@H](NC(=O)C(C)(C)C)C5(C)CCC5)[nH]4)cc3)cc2)[nH]1)C1(C)CCC1. The number of H-pyrrole nitrogens is 2. The summed E-state index contributed by atoms with van der Waals surface area (Å²) in [7, 11) is 0. The van der Waals surface area contributed by atoms with Crippen LogP contribution in [0.25, 0.3) is 33.6 Å². The molecule has 2 saturated carbocycles. The molecule has 2 amide bonds. The number of amides is 2. The molecule has 2 heterocycles. The Morgan fingerprint density at radius 3 is 1.19 bits per heavy atom. The molecule has 8 heteroatoms. The molecule has 254 valence electrons. The van der Waals surface area contributed by atoms with Crippen LogP contribution in [0.15, 0.2) is 60.9 Å². The third-order valence-electron chi connectivity index (χ3n) is 10.8. The van der Waals surface area contributed by atoms with Gasteiger partial charge in [-0.1, -0.05) is 117 Å². The predicted octanol–water partition coefficient (Wildman–Crippen LogP) is 8.92. The monoisotopic (exact) mass is 648 g/mol. The van der Waals surface area contributed by atoms with Crippen LogP contribution in [-0.4, -0.2) is 31.8 Å². The van der Waals surface area contributed by atoms with Crippen molar-refractivity contribution in [1.82, 2.24) is 30.6 Å². The van der Waals surface area contributed by atoms with Crippen molar-refractivity contribution >= 4 is 11.8 Å². The van der Waals surface area contributed by atoms with Crippen molar-refractivity contribution in [3.63, 3.8) is 0 Å². The number of carbonyl (C=O) groups is 2. The van der Waals surface area contributed by atoms with Gasteiger partial charge in [-0.15, -0.1) is 0 Å². The molecule has 4 aromatic rings. The second-order valence-electron chi connectivity index (χ2n) is 16.8. The van der Waals surface area contributed by atoms with Crippen LogP contribution in [0.3, 0.4) is 0 Å². The van der Waals surface area contributed by atoms with Gasteiger partial charge in [-0.2, -0.15) is 0 Å². The highest BCUT2D eigenvalue weighted by atomic mass is 16.2. The molecule has 0 spiro atoms. The average molecular weight is 649 g/mol. The largest absolute Gasteiger partial charge is 0.345 e. The summed E-state index contributed by atoms with van der Waals surface area (Å²) >= 11 is 0. The zero-order valence-electron chi connectivity index (χ0n) is 29.9. The second kappa shape index (κ2) is 12.4. The second-order valence-corrected chi connectivity index (χ2v) is 16.8. The number of nitrogens with one attached hydrogen (secondary N) is 4. The van der Waals surface area contributed by atoms with Crippen molar-refractivity contribution in [2.75, 3.05) is 0 Å². The van der Waals surface area contributed by atoms with Gasteiger partial charge in [0.05, 0.1) is 35.9 Å². The first-order valence-electron chi connectivity index (χ1n) is 17.5. The van der Waals surface area contributed by atoms with Crippen LogP contribution in [0.1, 0.15) is 118 Å². The van der Waals surface area contributed by atoms with Crippen LogP contribution < -0.4 is 10.6 Å². The number of aromatic nitrogens is 4. The molecule has 2 aromatic heterocycles. The maximum atomic E-state index is 13.0. The fourth-order valence-corrected chi connectivity index (χ4v) is 6.83. The molecule has 6 rings (SSSR count). The van der Waals surface area contributed by atoms with E-state index < -0.39 is 10.8 Å². The first-order valence-corrected chi connectivity index (χ1v) is 17.5. The third-order valence-corrected chi connectivity index (χ3v) is 10.8. The normalized spacial score (nSPS) is 18.2. The average Bonchev–Trinajstić information content (AvgIpc) is 3.70. The standard InChI is InChI=1S/C40H52N6O2/c1-37(2,3)35(47)45-31(39(7)19-9-20-39)33-41-23-29(43-33)27-15-11-25(12-16-27)26-13-17-28(18-14-26)30-24-42-34(44-30)32(40(8)21-10-22-40)46-36(48)38(4,5)6/h11-18,23-24,31-32H,9-10,19-22H2,1-8H3,(H,41,43)(H,42,44)(H,45,47)(H,46,48)/t31-,32-/m1/s1. The zero-order valence-corrected chi connectivity index (χ0v) is 29.9. The lowest BCUT2D eigenvalue weighted by Gasteiger charge is -2.45. The van der Waals surface area contributed by atoms with Gasteiger partial charge in [0.1, 0.15) is 11.6 Å². The van der Waals surface area contributed by atoms with Gasteiger partial charge in [-0.05, 0) is 58.8 Å². The van der Waals surface area contributed by atoms with Gasteiger partial charge in [0.2, 0.25) is 11.8 Å². The molecule has 4 N–H and O–H groups in total. The fraction of sp³-hybridized carbons (Fsp3) is 0.500. The molecule has 2 atom stereocenters. The Bertz CT molecular complexity index is 1630. The van der Waals surface area contributed by atoms with E-state index in [2.05, 4.69) is 83.0 Å². The van der Waals surface area contributed by atoms with Gasteiger partial charge in [0.15, 0.2) is 0 Å². The van der Waals surface area contributed by atoms with E-state index in [0.717, 1.165) is 71.0 Å². The Labute approximate surface area is 285 Å². The molecule has 2 fully saturated rings. The third kappa shape index (κ3) is 6.71.